The third kappa shape index (κ3) is 3.26. The van der Waals surface area contributed by atoms with Gasteiger partial charge < -0.3 is 5.73 Å². The number of nitrogens with two attached hydrogens (primary N) is 1. The minimum atomic E-state index is 0.108. The first kappa shape index (κ1) is 14.1. The zero-order chi connectivity index (χ0) is 14.8. The van der Waals surface area contributed by atoms with Crippen molar-refractivity contribution in [3.63, 3.8) is 0 Å². The van der Waals surface area contributed by atoms with Gasteiger partial charge in [-0.3, -0.25) is 0 Å². The Morgan fingerprint density at radius 2 is 2.00 bits per heavy atom. The van der Waals surface area contributed by atoms with Crippen LogP contribution in [0.3, 0.4) is 0 Å². The fourth-order valence-corrected chi connectivity index (χ4v) is 2.83. The molecular formula is C12H8Cl2N6S. The molecule has 0 amide bonds. The molecule has 0 saturated carbocycles. The summed E-state index contributed by atoms with van der Waals surface area (Å²) < 4.78 is 1.50. The Bertz CT molecular complexity index is 777. The average Bonchev–Trinajstić information content (AvgIpc) is 2.96. The van der Waals surface area contributed by atoms with Crippen LogP contribution in [0.4, 0.5) is 5.95 Å². The predicted octanol–water partition coefficient (Wildman–Crippen LogP) is 3.10. The Kier molecular flexibility index (Phi) is 3.96. The molecule has 0 unspecified atom stereocenters. The van der Waals surface area contributed by atoms with Crippen molar-refractivity contribution in [2.45, 2.75) is 10.1 Å². The molecule has 6 nitrogen and oxygen atoms in total. The monoisotopic (exact) mass is 338 g/mol. The van der Waals surface area contributed by atoms with Crippen LogP contribution < -0.4 is 5.73 Å². The van der Waals surface area contributed by atoms with E-state index in [1.807, 2.05) is 0 Å². The molecule has 21 heavy (non-hydrogen) atoms. The van der Waals surface area contributed by atoms with E-state index >= 15 is 0 Å². The summed E-state index contributed by atoms with van der Waals surface area (Å²) >= 11 is 13.3. The Labute approximate surface area is 134 Å². The molecule has 3 aromatic rings. The third-order valence-corrected chi connectivity index (χ3v) is 4.02. The van der Waals surface area contributed by atoms with E-state index in [9.17, 15) is 0 Å². The molecule has 2 N–H and O–H groups in total. The van der Waals surface area contributed by atoms with Crippen molar-refractivity contribution in [3.05, 3.63) is 46.7 Å². The standard InChI is InChI=1S/C12H8Cl2N6S/c13-7-2-3-8(14)9(6-7)21-12-18-10(15)17-11(19-12)20-5-1-4-16-20/h1-6H,(H2,15,17,18,19). The molecule has 0 aliphatic heterocycles. The molecule has 0 saturated heterocycles. The number of aromatic nitrogens is 5. The van der Waals surface area contributed by atoms with Crippen LogP contribution in [-0.4, -0.2) is 24.7 Å². The highest BCUT2D eigenvalue weighted by atomic mass is 35.5. The molecule has 0 atom stereocenters. The maximum atomic E-state index is 6.13. The number of nitrogen functional groups attached to an aromatic ring is 1. The molecule has 106 valence electrons. The zero-order valence-corrected chi connectivity index (χ0v) is 12.8. The minimum Gasteiger partial charge on any atom is -0.368 e. The third-order valence-electron chi connectivity index (χ3n) is 2.42. The van der Waals surface area contributed by atoms with E-state index in [2.05, 4.69) is 20.1 Å². The number of benzene rings is 1. The van der Waals surface area contributed by atoms with Gasteiger partial charge in [-0.1, -0.05) is 23.2 Å². The van der Waals surface area contributed by atoms with E-state index in [1.54, 1.807) is 36.7 Å². The van der Waals surface area contributed by atoms with E-state index < -0.39 is 0 Å². The summed E-state index contributed by atoms with van der Waals surface area (Å²) in [6.07, 6.45) is 3.34. The van der Waals surface area contributed by atoms with Crippen LogP contribution >= 0.6 is 35.0 Å². The normalized spacial score (nSPS) is 10.8. The highest BCUT2D eigenvalue weighted by Crippen LogP contribution is 2.33. The van der Waals surface area contributed by atoms with Crippen molar-refractivity contribution in [1.82, 2.24) is 24.7 Å². The summed E-state index contributed by atoms with van der Waals surface area (Å²) in [5.74, 6) is 0.448. The number of halogens is 2. The Morgan fingerprint density at radius 1 is 1.14 bits per heavy atom. The van der Waals surface area contributed by atoms with Crippen LogP contribution in [0.15, 0.2) is 46.7 Å². The summed E-state index contributed by atoms with van der Waals surface area (Å²) in [5, 5.41) is 5.61. The summed E-state index contributed by atoms with van der Waals surface area (Å²) in [5.41, 5.74) is 5.71. The fourth-order valence-electron chi connectivity index (χ4n) is 1.55. The second-order valence-electron chi connectivity index (χ2n) is 3.90. The Hall–Kier alpha value is -1.83. The van der Waals surface area contributed by atoms with Crippen LogP contribution in [-0.2, 0) is 0 Å². The van der Waals surface area contributed by atoms with Gasteiger partial charge in [-0.15, -0.1) is 0 Å². The molecule has 0 aliphatic carbocycles. The number of rotatable bonds is 3. The summed E-state index contributed by atoms with van der Waals surface area (Å²) in [4.78, 5) is 13.2. The first-order valence-electron chi connectivity index (χ1n) is 5.76. The molecular weight excluding hydrogens is 331 g/mol. The molecule has 2 heterocycles. The molecule has 0 aliphatic rings. The second-order valence-corrected chi connectivity index (χ2v) is 5.76. The number of nitrogens with zero attached hydrogens (tertiary/aromatic N) is 5. The second kappa shape index (κ2) is 5.88. The Morgan fingerprint density at radius 3 is 2.76 bits per heavy atom. The van der Waals surface area contributed by atoms with E-state index in [4.69, 9.17) is 28.9 Å². The summed E-state index contributed by atoms with van der Waals surface area (Å²) in [6, 6.07) is 6.93. The lowest BCUT2D eigenvalue weighted by Crippen LogP contribution is -2.07. The van der Waals surface area contributed by atoms with Crippen molar-refractivity contribution in [1.29, 1.82) is 0 Å². The number of hydrogen-bond acceptors (Lipinski definition) is 6. The average molecular weight is 339 g/mol. The van der Waals surface area contributed by atoms with E-state index in [-0.39, 0.29) is 5.95 Å². The van der Waals surface area contributed by atoms with Crippen molar-refractivity contribution in [2.75, 3.05) is 5.73 Å². The van der Waals surface area contributed by atoms with Crippen molar-refractivity contribution >= 4 is 40.9 Å². The van der Waals surface area contributed by atoms with Crippen LogP contribution in [0.25, 0.3) is 5.95 Å². The van der Waals surface area contributed by atoms with Gasteiger partial charge in [-0.2, -0.15) is 20.1 Å². The zero-order valence-electron chi connectivity index (χ0n) is 10.4. The van der Waals surface area contributed by atoms with Crippen molar-refractivity contribution in [2.24, 2.45) is 0 Å². The molecule has 2 aromatic heterocycles. The first-order valence-corrected chi connectivity index (χ1v) is 7.33. The van der Waals surface area contributed by atoms with E-state index in [0.717, 1.165) is 4.90 Å². The molecule has 0 fully saturated rings. The van der Waals surface area contributed by atoms with Crippen LogP contribution in [0.2, 0.25) is 10.0 Å². The van der Waals surface area contributed by atoms with E-state index in [0.29, 0.717) is 21.2 Å². The van der Waals surface area contributed by atoms with Crippen LogP contribution in [0.5, 0.6) is 0 Å². The van der Waals surface area contributed by atoms with Crippen molar-refractivity contribution in [3.8, 4) is 5.95 Å². The smallest absolute Gasteiger partial charge is 0.256 e. The first-order chi connectivity index (χ1) is 10.1. The van der Waals surface area contributed by atoms with Gasteiger partial charge in [0.25, 0.3) is 5.95 Å². The number of hydrogen-bond donors (Lipinski definition) is 1. The highest BCUT2D eigenvalue weighted by Gasteiger charge is 2.10. The Balaban J connectivity index is 1.97. The lowest BCUT2D eigenvalue weighted by molar-refractivity contribution is 0.764. The highest BCUT2D eigenvalue weighted by molar-refractivity contribution is 7.99. The van der Waals surface area contributed by atoms with Gasteiger partial charge in [0.05, 0.1) is 5.02 Å². The SMILES string of the molecule is Nc1nc(Sc2cc(Cl)ccc2Cl)nc(-n2cccn2)n1. The molecule has 0 radical (unpaired) electrons. The lowest BCUT2D eigenvalue weighted by atomic mass is 10.4. The predicted molar refractivity (Wildman–Crippen MR) is 81.9 cm³/mol. The topological polar surface area (TPSA) is 82.5 Å². The number of anilines is 1. The van der Waals surface area contributed by atoms with Gasteiger partial charge in [0.1, 0.15) is 0 Å². The van der Waals surface area contributed by atoms with Gasteiger partial charge in [-0.05, 0) is 36.0 Å². The minimum absolute atomic E-state index is 0.108. The molecule has 0 spiro atoms. The molecule has 1 aromatic carbocycles. The molecule has 3 rings (SSSR count). The lowest BCUT2D eigenvalue weighted by Gasteiger charge is -2.06. The van der Waals surface area contributed by atoms with Gasteiger partial charge >= 0.3 is 0 Å². The van der Waals surface area contributed by atoms with Gasteiger partial charge in [0.15, 0.2) is 5.16 Å². The largest absolute Gasteiger partial charge is 0.368 e. The fraction of sp³-hybridized carbons (Fsp3) is 0. The van der Waals surface area contributed by atoms with Crippen LogP contribution in [0.1, 0.15) is 0 Å². The maximum absolute atomic E-state index is 6.13. The molecule has 0 bridgehead atoms. The summed E-state index contributed by atoms with van der Waals surface area (Å²) in [7, 11) is 0. The summed E-state index contributed by atoms with van der Waals surface area (Å²) in [6.45, 7) is 0. The van der Waals surface area contributed by atoms with Crippen LogP contribution in [0, 0.1) is 0 Å². The van der Waals surface area contributed by atoms with Gasteiger partial charge in [0, 0.05) is 22.3 Å². The van der Waals surface area contributed by atoms with Crippen molar-refractivity contribution < 1.29 is 0 Å². The quantitative estimate of drug-likeness (QED) is 0.790. The maximum Gasteiger partial charge on any atom is 0.256 e. The van der Waals surface area contributed by atoms with E-state index in [1.165, 1.54) is 16.4 Å². The van der Waals surface area contributed by atoms with Gasteiger partial charge in [0.2, 0.25) is 5.95 Å². The molecule has 9 heteroatoms. The van der Waals surface area contributed by atoms with Gasteiger partial charge in [-0.25, -0.2) is 4.68 Å².